The van der Waals surface area contributed by atoms with Gasteiger partial charge in [-0.15, -0.1) is 11.3 Å². The summed E-state index contributed by atoms with van der Waals surface area (Å²) in [4.78, 5) is 18.5. The van der Waals surface area contributed by atoms with Crippen LogP contribution in [0, 0.1) is 25.2 Å². The molecule has 0 bridgehead atoms. The SMILES string of the molecule is Cc1nc(SCC(=O)Nc2sc3c(c2C#N)CCC3)n(C2CCCC2)c1C. The van der Waals surface area contributed by atoms with Crippen molar-refractivity contribution in [3.05, 3.63) is 27.4 Å². The van der Waals surface area contributed by atoms with Gasteiger partial charge in [0.05, 0.1) is 17.0 Å². The minimum Gasteiger partial charge on any atom is -0.320 e. The van der Waals surface area contributed by atoms with Crippen molar-refractivity contribution in [2.24, 2.45) is 0 Å². The molecular weight excluding hydrogens is 376 g/mol. The molecule has 0 unspecified atom stereocenters. The predicted octanol–water partition coefficient (Wildman–Crippen LogP) is 4.77. The number of carbonyl (C=O) groups excluding carboxylic acids is 1. The van der Waals surface area contributed by atoms with E-state index in [1.165, 1.54) is 48.0 Å². The third-order valence-corrected chi connectivity index (χ3v) is 7.82. The van der Waals surface area contributed by atoms with Gasteiger partial charge in [0.15, 0.2) is 5.16 Å². The lowest BCUT2D eigenvalue weighted by Crippen LogP contribution is -2.15. The molecule has 2 aliphatic rings. The van der Waals surface area contributed by atoms with Crippen LogP contribution in [-0.2, 0) is 17.6 Å². The summed E-state index contributed by atoms with van der Waals surface area (Å²) in [7, 11) is 0. The molecule has 0 radical (unpaired) electrons. The quantitative estimate of drug-likeness (QED) is 0.734. The first-order valence-corrected chi connectivity index (χ1v) is 11.4. The molecule has 0 aromatic carbocycles. The van der Waals surface area contributed by atoms with Crippen molar-refractivity contribution in [1.29, 1.82) is 5.26 Å². The second-order valence-corrected chi connectivity index (χ2v) is 9.43. The Morgan fingerprint density at radius 1 is 1.33 bits per heavy atom. The number of imidazole rings is 1. The molecule has 1 N–H and O–H groups in total. The first-order valence-electron chi connectivity index (χ1n) is 9.61. The number of aromatic nitrogens is 2. The number of nitriles is 1. The molecule has 2 aromatic rings. The number of nitrogens with zero attached hydrogens (tertiary/aromatic N) is 3. The Kier molecular flexibility index (Phi) is 5.29. The van der Waals surface area contributed by atoms with Crippen LogP contribution in [0.5, 0.6) is 0 Å². The standard InChI is InChI=1S/C20H24N4OS2/c1-12-13(2)24(14-6-3-4-7-14)20(22-12)26-11-18(25)23-19-16(10-21)15-8-5-9-17(15)27-19/h14H,3-9,11H2,1-2H3,(H,23,25). The molecule has 1 saturated carbocycles. The van der Waals surface area contributed by atoms with Crippen molar-refractivity contribution >= 4 is 34.0 Å². The van der Waals surface area contributed by atoms with E-state index in [0.717, 1.165) is 40.7 Å². The van der Waals surface area contributed by atoms with Crippen LogP contribution in [0.2, 0.25) is 0 Å². The normalized spacial score (nSPS) is 16.5. The Labute approximate surface area is 168 Å². The van der Waals surface area contributed by atoms with Crippen LogP contribution in [0.1, 0.15) is 65.5 Å². The molecule has 2 heterocycles. The predicted molar refractivity (Wildman–Crippen MR) is 110 cm³/mol. The highest BCUT2D eigenvalue weighted by molar-refractivity contribution is 7.99. The minimum absolute atomic E-state index is 0.0623. The Morgan fingerprint density at radius 2 is 2.11 bits per heavy atom. The molecule has 2 aliphatic carbocycles. The van der Waals surface area contributed by atoms with Gasteiger partial charge in [-0.25, -0.2) is 4.98 Å². The van der Waals surface area contributed by atoms with Gasteiger partial charge in [-0.1, -0.05) is 24.6 Å². The highest BCUT2D eigenvalue weighted by Crippen LogP contribution is 2.39. The van der Waals surface area contributed by atoms with Crippen molar-refractivity contribution in [1.82, 2.24) is 9.55 Å². The van der Waals surface area contributed by atoms with Gasteiger partial charge in [-0.05, 0) is 51.5 Å². The van der Waals surface area contributed by atoms with Crippen molar-refractivity contribution in [3.8, 4) is 6.07 Å². The van der Waals surface area contributed by atoms with Crippen LogP contribution in [0.4, 0.5) is 5.00 Å². The van der Waals surface area contributed by atoms with Gasteiger partial charge in [0.2, 0.25) is 5.91 Å². The average molecular weight is 401 g/mol. The highest BCUT2D eigenvalue weighted by atomic mass is 32.2. The van der Waals surface area contributed by atoms with E-state index in [9.17, 15) is 10.1 Å². The summed E-state index contributed by atoms with van der Waals surface area (Å²) < 4.78 is 2.33. The Morgan fingerprint density at radius 3 is 2.85 bits per heavy atom. The fraction of sp³-hybridized carbons (Fsp3) is 0.550. The van der Waals surface area contributed by atoms with Crippen LogP contribution in [0.15, 0.2) is 5.16 Å². The molecule has 5 nitrogen and oxygen atoms in total. The summed E-state index contributed by atoms with van der Waals surface area (Å²) in [6, 6.07) is 2.80. The molecule has 2 aromatic heterocycles. The minimum atomic E-state index is -0.0623. The molecule has 1 amide bonds. The van der Waals surface area contributed by atoms with Gasteiger partial charge in [-0.2, -0.15) is 5.26 Å². The maximum Gasteiger partial charge on any atom is 0.235 e. The van der Waals surface area contributed by atoms with Gasteiger partial charge in [0.25, 0.3) is 0 Å². The van der Waals surface area contributed by atoms with Gasteiger partial charge in [0.1, 0.15) is 11.1 Å². The average Bonchev–Trinajstić information content (AvgIpc) is 3.39. The van der Waals surface area contributed by atoms with E-state index in [1.807, 2.05) is 6.92 Å². The monoisotopic (exact) mass is 400 g/mol. The van der Waals surface area contributed by atoms with Crippen LogP contribution < -0.4 is 5.32 Å². The number of thiophene rings is 1. The fourth-order valence-electron chi connectivity index (χ4n) is 4.19. The molecule has 142 valence electrons. The van der Waals surface area contributed by atoms with Crippen LogP contribution >= 0.6 is 23.1 Å². The van der Waals surface area contributed by atoms with Crippen molar-refractivity contribution < 1.29 is 4.79 Å². The lowest BCUT2D eigenvalue weighted by molar-refractivity contribution is -0.113. The zero-order valence-corrected chi connectivity index (χ0v) is 17.4. The maximum absolute atomic E-state index is 12.5. The molecule has 4 rings (SSSR count). The third-order valence-electron chi connectivity index (χ3n) is 5.66. The first kappa shape index (κ1) is 18.6. The Hall–Kier alpha value is -1.78. The van der Waals surface area contributed by atoms with E-state index in [0.29, 0.717) is 17.4 Å². The van der Waals surface area contributed by atoms with E-state index < -0.39 is 0 Å². The van der Waals surface area contributed by atoms with Crippen LogP contribution in [0.25, 0.3) is 0 Å². The largest absolute Gasteiger partial charge is 0.320 e. The van der Waals surface area contributed by atoms with Gasteiger partial charge < -0.3 is 9.88 Å². The number of thioether (sulfide) groups is 1. The summed E-state index contributed by atoms with van der Waals surface area (Å²) in [5.41, 5.74) is 4.08. The van der Waals surface area contributed by atoms with Crippen molar-refractivity contribution in [2.45, 2.75) is 70.0 Å². The second kappa shape index (κ2) is 7.69. The van der Waals surface area contributed by atoms with Crippen molar-refractivity contribution in [2.75, 3.05) is 11.1 Å². The number of hydrogen-bond acceptors (Lipinski definition) is 5. The lowest BCUT2D eigenvalue weighted by atomic mass is 10.1. The number of fused-ring (bicyclic) bond motifs is 1. The second-order valence-electron chi connectivity index (χ2n) is 7.38. The maximum atomic E-state index is 12.5. The van der Waals surface area contributed by atoms with Crippen LogP contribution in [-0.4, -0.2) is 21.2 Å². The molecule has 1 fully saturated rings. The zero-order chi connectivity index (χ0) is 19.0. The summed E-state index contributed by atoms with van der Waals surface area (Å²) in [6.45, 7) is 4.16. The molecule has 0 saturated heterocycles. The number of hydrogen-bond donors (Lipinski definition) is 1. The summed E-state index contributed by atoms with van der Waals surface area (Å²) in [5.74, 6) is 0.253. The van der Waals surface area contributed by atoms with E-state index in [1.54, 1.807) is 11.3 Å². The topological polar surface area (TPSA) is 70.7 Å². The highest BCUT2D eigenvalue weighted by Gasteiger charge is 2.25. The third kappa shape index (κ3) is 3.53. The lowest BCUT2D eigenvalue weighted by Gasteiger charge is -2.16. The van der Waals surface area contributed by atoms with Crippen LogP contribution in [0.3, 0.4) is 0 Å². The summed E-state index contributed by atoms with van der Waals surface area (Å²) >= 11 is 3.07. The number of aryl methyl sites for hydroxylation is 2. The molecule has 7 heteroatoms. The Balaban J connectivity index is 1.45. The number of amides is 1. The summed E-state index contributed by atoms with van der Waals surface area (Å²) in [5, 5.41) is 14.1. The molecule has 0 aliphatic heterocycles. The zero-order valence-electron chi connectivity index (χ0n) is 15.8. The van der Waals surface area contributed by atoms with Gasteiger partial charge >= 0.3 is 0 Å². The fourth-order valence-corrected chi connectivity index (χ4v) is 6.41. The van der Waals surface area contributed by atoms with E-state index in [4.69, 9.17) is 4.98 Å². The number of nitrogens with one attached hydrogen (secondary N) is 1. The first-order chi connectivity index (χ1) is 13.1. The Bertz CT molecular complexity index is 916. The molecule has 0 spiro atoms. The van der Waals surface area contributed by atoms with E-state index in [-0.39, 0.29) is 5.91 Å². The molecule has 27 heavy (non-hydrogen) atoms. The van der Waals surface area contributed by atoms with Gasteiger partial charge in [-0.3, -0.25) is 4.79 Å². The number of carbonyl (C=O) groups is 1. The van der Waals surface area contributed by atoms with E-state index in [2.05, 4.69) is 22.9 Å². The smallest absolute Gasteiger partial charge is 0.235 e. The van der Waals surface area contributed by atoms with Crippen molar-refractivity contribution in [3.63, 3.8) is 0 Å². The summed E-state index contributed by atoms with van der Waals surface area (Å²) in [6.07, 6.45) is 8.03. The number of rotatable bonds is 5. The molecular formula is C20H24N4OS2. The number of anilines is 1. The van der Waals surface area contributed by atoms with E-state index >= 15 is 0 Å². The van der Waals surface area contributed by atoms with Gasteiger partial charge in [0, 0.05) is 16.6 Å². The molecule has 0 atom stereocenters.